The molecule has 2 aromatic carbocycles. The maximum absolute atomic E-state index is 6.12. The molecule has 3 nitrogen and oxygen atoms in total. The zero-order valence-corrected chi connectivity index (χ0v) is 10.5. The summed E-state index contributed by atoms with van der Waals surface area (Å²) in [5.41, 5.74) is 8.12. The van der Waals surface area contributed by atoms with E-state index in [0.717, 1.165) is 22.3 Å². The molecule has 0 bridgehead atoms. The van der Waals surface area contributed by atoms with Gasteiger partial charge in [0.25, 0.3) is 0 Å². The second-order valence-corrected chi connectivity index (χ2v) is 4.42. The Morgan fingerprint density at radius 3 is 2.42 bits per heavy atom. The van der Waals surface area contributed by atoms with Crippen LogP contribution in [0.25, 0.3) is 10.9 Å². The smallest absolute Gasteiger partial charge is 0.128 e. The van der Waals surface area contributed by atoms with E-state index in [1.807, 2.05) is 66.7 Å². The normalized spacial score (nSPS) is 12.3. The molecule has 3 heteroatoms. The summed E-state index contributed by atoms with van der Waals surface area (Å²) in [4.78, 5) is 4.55. The van der Waals surface area contributed by atoms with Gasteiger partial charge in [0.05, 0.1) is 5.52 Å². The molecule has 0 amide bonds. The van der Waals surface area contributed by atoms with Crippen LogP contribution in [0, 0.1) is 0 Å². The monoisotopic (exact) mass is 249 g/mol. The highest BCUT2D eigenvalue weighted by molar-refractivity contribution is 5.80. The van der Waals surface area contributed by atoms with Crippen molar-refractivity contribution in [3.8, 4) is 0 Å². The number of hydrogen-bond acceptors (Lipinski definition) is 3. The number of fused-ring (bicyclic) bond motifs is 1. The number of benzene rings is 2. The van der Waals surface area contributed by atoms with E-state index >= 15 is 0 Å². The van der Waals surface area contributed by atoms with Crippen LogP contribution in [0.1, 0.15) is 11.7 Å². The summed E-state index contributed by atoms with van der Waals surface area (Å²) in [5.74, 6) is 0.787. The molecule has 94 valence electrons. The fourth-order valence-corrected chi connectivity index (χ4v) is 2.05. The molecule has 3 rings (SSSR count). The summed E-state index contributed by atoms with van der Waals surface area (Å²) in [6, 6.07) is 22.0. The van der Waals surface area contributed by atoms with Crippen LogP contribution < -0.4 is 11.1 Å². The van der Waals surface area contributed by atoms with E-state index in [-0.39, 0.29) is 6.17 Å². The summed E-state index contributed by atoms with van der Waals surface area (Å²) in [5, 5.41) is 4.34. The fraction of sp³-hybridized carbons (Fsp3) is 0.0625. The molecule has 0 aliphatic rings. The van der Waals surface area contributed by atoms with E-state index in [1.54, 1.807) is 0 Å². The lowest BCUT2D eigenvalue weighted by molar-refractivity contribution is 0.830. The number of hydrogen-bond donors (Lipinski definition) is 2. The highest BCUT2D eigenvalue weighted by Crippen LogP contribution is 2.17. The third kappa shape index (κ3) is 2.56. The van der Waals surface area contributed by atoms with Gasteiger partial charge in [0.15, 0.2) is 0 Å². The van der Waals surface area contributed by atoms with E-state index in [2.05, 4.69) is 10.3 Å². The second-order valence-electron chi connectivity index (χ2n) is 4.42. The molecular formula is C16H15N3. The van der Waals surface area contributed by atoms with Crippen LogP contribution in [0.2, 0.25) is 0 Å². The maximum Gasteiger partial charge on any atom is 0.128 e. The van der Waals surface area contributed by atoms with Gasteiger partial charge < -0.3 is 11.1 Å². The molecule has 1 aromatic heterocycles. The van der Waals surface area contributed by atoms with Gasteiger partial charge in [-0.3, -0.25) is 0 Å². The van der Waals surface area contributed by atoms with Crippen LogP contribution >= 0.6 is 0 Å². The highest BCUT2D eigenvalue weighted by Gasteiger charge is 2.05. The molecule has 1 heterocycles. The fourth-order valence-electron chi connectivity index (χ4n) is 2.05. The van der Waals surface area contributed by atoms with Gasteiger partial charge in [-0.1, -0.05) is 48.5 Å². The highest BCUT2D eigenvalue weighted by atomic mass is 15.1. The summed E-state index contributed by atoms with van der Waals surface area (Å²) >= 11 is 0. The maximum atomic E-state index is 6.12. The number of para-hydroxylation sites is 1. The SMILES string of the molecule is NC(Nc1ccc2ccccc2n1)c1ccccc1. The largest absolute Gasteiger partial charge is 0.351 e. The van der Waals surface area contributed by atoms with E-state index in [0.29, 0.717) is 0 Å². The molecule has 0 aliphatic carbocycles. The van der Waals surface area contributed by atoms with Gasteiger partial charge in [-0.05, 0) is 23.8 Å². The number of nitrogens with zero attached hydrogens (tertiary/aromatic N) is 1. The van der Waals surface area contributed by atoms with Crippen LogP contribution in [0.4, 0.5) is 5.82 Å². The Morgan fingerprint density at radius 2 is 1.58 bits per heavy atom. The Morgan fingerprint density at radius 1 is 0.842 bits per heavy atom. The average molecular weight is 249 g/mol. The van der Waals surface area contributed by atoms with Crippen molar-refractivity contribution < 1.29 is 0 Å². The van der Waals surface area contributed by atoms with Crippen molar-refractivity contribution in [3.05, 3.63) is 72.3 Å². The summed E-state index contributed by atoms with van der Waals surface area (Å²) in [6.45, 7) is 0. The Balaban J connectivity index is 1.85. The Hall–Kier alpha value is -2.39. The predicted molar refractivity (Wildman–Crippen MR) is 78.7 cm³/mol. The van der Waals surface area contributed by atoms with E-state index in [1.165, 1.54) is 0 Å². The number of aromatic nitrogens is 1. The lowest BCUT2D eigenvalue weighted by atomic mass is 10.2. The summed E-state index contributed by atoms with van der Waals surface area (Å²) in [7, 11) is 0. The van der Waals surface area contributed by atoms with Crippen molar-refractivity contribution in [2.75, 3.05) is 5.32 Å². The first-order chi connectivity index (χ1) is 9.33. The molecular weight excluding hydrogens is 234 g/mol. The first-order valence-corrected chi connectivity index (χ1v) is 6.26. The topological polar surface area (TPSA) is 50.9 Å². The van der Waals surface area contributed by atoms with Gasteiger partial charge in [0.1, 0.15) is 12.0 Å². The van der Waals surface area contributed by atoms with Crippen LogP contribution in [0.5, 0.6) is 0 Å². The minimum atomic E-state index is -0.255. The molecule has 0 spiro atoms. The number of rotatable bonds is 3. The number of pyridine rings is 1. The zero-order valence-electron chi connectivity index (χ0n) is 10.5. The van der Waals surface area contributed by atoms with Crippen molar-refractivity contribution >= 4 is 16.7 Å². The van der Waals surface area contributed by atoms with Gasteiger partial charge in [-0.25, -0.2) is 4.98 Å². The molecule has 0 radical (unpaired) electrons. The van der Waals surface area contributed by atoms with Crippen molar-refractivity contribution in [1.82, 2.24) is 4.98 Å². The van der Waals surface area contributed by atoms with Gasteiger partial charge in [-0.2, -0.15) is 0 Å². The first kappa shape index (κ1) is 11.7. The Bertz CT molecular complexity index is 680. The number of nitrogens with two attached hydrogens (primary N) is 1. The van der Waals surface area contributed by atoms with E-state index < -0.39 is 0 Å². The van der Waals surface area contributed by atoms with Crippen molar-refractivity contribution in [1.29, 1.82) is 0 Å². The van der Waals surface area contributed by atoms with E-state index in [9.17, 15) is 0 Å². The van der Waals surface area contributed by atoms with Crippen molar-refractivity contribution in [2.45, 2.75) is 6.17 Å². The minimum absolute atomic E-state index is 0.255. The molecule has 0 saturated heterocycles. The van der Waals surface area contributed by atoms with Crippen molar-refractivity contribution in [2.24, 2.45) is 5.73 Å². The first-order valence-electron chi connectivity index (χ1n) is 6.26. The molecule has 0 aliphatic heterocycles. The van der Waals surface area contributed by atoms with Gasteiger partial charge in [0.2, 0.25) is 0 Å². The van der Waals surface area contributed by atoms with E-state index in [4.69, 9.17) is 5.73 Å². The summed E-state index contributed by atoms with van der Waals surface area (Å²) < 4.78 is 0. The Labute approximate surface area is 112 Å². The predicted octanol–water partition coefficient (Wildman–Crippen LogP) is 3.30. The molecule has 19 heavy (non-hydrogen) atoms. The number of nitrogens with one attached hydrogen (secondary N) is 1. The van der Waals surface area contributed by atoms with Crippen LogP contribution in [0.3, 0.4) is 0 Å². The van der Waals surface area contributed by atoms with Gasteiger partial charge in [-0.15, -0.1) is 0 Å². The minimum Gasteiger partial charge on any atom is -0.351 e. The average Bonchev–Trinajstić information content (AvgIpc) is 2.48. The summed E-state index contributed by atoms with van der Waals surface area (Å²) in [6.07, 6.45) is -0.255. The molecule has 1 unspecified atom stereocenters. The molecule has 3 N–H and O–H groups in total. The van der Waals surface area contributed by atoms with Crippen LogP contribution in [-0.4, -0.2) is 4.98 Å². The molecule has 0 fully saturated rings. The van der Waals surface area contributed by atoms with Gasteiger partial charge >= 0.3 is 0 Å². The lowest BCUT2D eigenvalue weighted by Gasteiger charge is -2.15. The lowest BCUT2D eigenvalue weighted by Crippen LogP contribution is -2.20. The molecule has 1 atom stereocenters. The standard InChI is InChI=1S/C16H15N3/c17-16(13-7-2-1-3-8-13)19-15-11-10-12-6-4-5-9-14(12)18-15/h1-11,16H,17H2,(H,18,19). The third-order valence-electron chi connectivity index (χ3n) is 3.06. The second kappa shape index (κ2) is 5.08. The molecule has 0 saturated carbocycles. The number of anilines is 1. The van der Waals surface area contributed by atoms with Gasteiger partial charge in [0, 0.05) is 5.39 Å². The zero-order chi connectivity index (χ0) is 13.1. The van der Waals surface area contributed by atoms with Crippen molar-refractivity contribution in [3.63, 3.8) is 0 Å². The molecule has 3 aromatic rings. The quantitative estimate of drug-likeness (QED) is 0.700. The third-order valence-corrected chi connectivity index (χ3v) is 3.06. The van der Waals surface area contributed by atoms with Crippen LogP contribution in [-0.2, 0) is 0 Å². The van der Waals surface area contributed by atoms with Crippen LogP contribution in [0.15, 0.2) is 66.7 Å². The Kier molecular flexibility index (Phi) is 3.12.